The zero-order valence-corrected chi connectivity index (χ0v) is 16.8. The van der Waals surface area contributed by atoms with Gasteiger partial charge in [-0.2, -0.15) is 0 Å². The third-order valence-electron chi connectivity index (χ3n) is 4.09. The van der Waals surface area contributed by atoms with Crippen molar-refractivity contribution in [1.29, 1.82) is 0 Å². The first-order valence-electron chi connectivity index (χ1n) is 9.08. The Morgan fingerprint density at radius 2 is 1.61 bits per heavy atom. The summed E-state index contributed by atoms with van der Waals surface area (Å²) < 4.78 is 0. The molecule has 0 fully saturated rings. The summed E-state index contributed by atoms with van der Waals surface area (Å²) in [5.74, 6) is -1.03. The molecular weight excluding hydrogens is 378 g/mol. The fraction of sp³-hybridized carbons (Fsp3) is 0.286. The van der Waals surface area contributed by atoms with E-state index in [2.05, 4.69) is 16.0 Å². The zero-order chi connectivity index (χ0) is 20.7. The standard InChI is InChI=1S/C21H24ClN3O3/c1-4-18(26)23-14-8-7-9-15(12-14)24-21(28)19(13(2)3)25-20(27)16-10-5-6-11-17(16)22/h5-13,19H,4H2,1-3H3,(H,23,26)(H,24,28)(H,25,27). The van der Waals surface area contributed by atoms with Gasteiger partial charge in [0.1, 0.15) is 6.04 Å². The molecule has 7 heteroatoms. The highest BCUT2D eigenvalue weighted by atomic mass is 35.5. The Balaban J connectivity index is 2.11. The summed E-state index contributed by atoms with van der Waals surface area (Å²) in [6.45, 7) is 5.44. The molecule has 0 radical (unpaired) electrons. The van der Waals surface area contributed by atoms with Crippen LogP contribution in [0, 0.1) is 5.92 Å². The molecule has 0 heterocycles. The fourth-order valence-electron chi connectivity index (χ4n) is 2.54. The van der Waals surface area contributed by atoms with Crippen molar-refractivity contribution < 1.29 is 14.4 Å². The molecule has 2 aromatic carbocycles. The predicted octanol–water partition coefficient (Wildman–Crippen LogP) is 4.08. The van der Waals surface area contributed by atoms with Crippen LogP contribution in [0.15, 0.2) is 48.5 Å². The van der Waals surface area contributed by atoms with Gasteiger partial charge in [0.2, 0.25) is 11.8 Å². The molecule has 2 rings (SSSR count). The molecule has 6 nitrogen and oxygen atoms in total. The van der Waals surface area contributed by atoms with E-state index in [0.717, 1.165) is 0 Å². The van der Waals surface area contributed by atoms with Crippen molar-refractivity contribution in [1.82, 2.24) is 5.32 Å². The van der Waals surface area contributed by atoms with Crippen LogP contribution in [0.2, 0.25) is 5.02 Å². The highest BCUT2D eigenvalue weighted by Crippen LogP contribution is 2.18. The first-order chi connectivity index (χ1) is 13.3. The zero-order valence-electron chi connectivity index (χ0n) is 16.1. The minimum Gasteiger partial charge on any atom is -0.340 e. The molecular formula is C21H24ClN3O3. The van der Waals surface area contributed by atoms with E-state index < -0.39 is 11.9 Å². The summed E-state index contributed by atoms with van der Waals surface area (Å²) in [6.07, 6.45) is 0.361. The number of benzene rings is 2. The van der Waals surface area contributed by atoms with Gasteiger partial charge in [-0.05, 0) is 36.2 Å². The second kappa shape index (κ2) is 9.90. The molecule has 0 aromatic heterocycles. The highest BCUT2D eigenvalue weighted by molar-refractivity contribution is 6.33. The van der Waals surface area contributed by atoms with Gasteiger partial charge in [0.25, 0.3) is 5.91 Å². The van der Waals surface area contributed by atoms with E-state index in [0.29, 0.717) is 28.4 Å². The second-order valence-corrected chi connectivity index (χ2v) is 7.05. The smallest absolute Gasteiger partial charge is 0.253 e. The van der Waals surface area contributed by atoms with E-state index >= 15 is 0 Å². The lowest BCUT2D eigenvalue weighted by Gasteiger charge is -2.22. The van der Waals surface area contributed by atoms with Gasteiger partial charge in [0, 0.05) is 17.8 Å². The lowest BCUT2D eigenvalue weighted by atomic mass is 10.0. The van der Waals surface area contributed by atoms with E-state index in [1.54, 1.807) is 55.5 Å². The van der Waals surface area contributed by atoms with Crippen molar-refractivity contribution >= 4 is 40.7 Å². The predicted molar refractivity (Wildman–Crippen MR) is 112 cm³/mol. The van der Waals surface area contributed by atoms with Gasteiger partial charge >= 0.3 is 0 Å². The van der Waals surface area contributed by atoms with E-state index in [1.165, 1.54) is 0 Å². The molecule has 0 aliphatic carbocycles. The van der Waals surface area contributed by atoms with Crippen molar-refractivity contribution in [2.75, 3.05) is 10.6 Å². The molecule has 0 spiro atoms. The normalized spacial score (nSPS) is 11.6. The maximum absolute atomic E-state index is 12.7. The Bertz CT molecular complexity index is 867. The number of amides is 3. The third-order valence-corrected chi connectivity index (χ3v) is 4.42. The molecule has 0 bridgehead atoms. The number of halogens is 1. The van der Waals surface area contributed by atoms with Gasteiger partial charge in [0.15, 0.2) is 0 Å². The maximum atomic E-state index is 12.7. The number of nitrogens with one attached hydrogen (secondary N) is 3. The highest BCUT2D eigenvalue weighted by Gasteiger charge is 2.25. The molecule has 3 N–H and O–H groups in total. The molecule has 148 valence electrons. The lowest BCUT2D eigenvalue weighted by molar-refractivity contribution is -0.119. The number of carbonyl (C=O) groups is 3. The van der Waals surface area contributed by atoms with Gasteiger partial charge in [0.05, 0.1) is 10.6 Å². The minimum atomic E-state index is -0.752. The summed E-state index contributed by atoms with van der Waals surface area (Å²) in [6, 6.07) is 12.8. The van der Waals surface area contributed by atoms with E-state index in [9.17, 15) is 14.4 Å². The number of carbonyl (C=O) groups excluding carboxylic acids is 3. The molecule has 0 saturated carbocycles. The molecule has 2 aromatic rings. The van der Waals surface area contributed by atoms with Crippen LogP contribution in [-0.4, -0.2) is 23.8 Å². The Morgan fingerprint density at radius 1 is 0.964 bits per heavy atom. The van der Waals surface area contributed by atoms with Crippen LogP contribution < -0.4 is 16.0 Å². The summed E-state index contributed by atoms with van der Waals surface area (Å²) >= 11 is 6.07. The number of anilines is 2. The Labute approximate surface area is 169 Å². The minimum absolute atomic E-state index is 0.115. The van der Waals surface area contributed by atoms with Crippen LogP contribution in [0.3, 0.4) is 0 Å². The average molecular weight is 402 g/mol. The van der Waals surface area contributed by atoms with Crippen LogP contribution >= 0.6 is 11.6 Å². The van der Waals surface area contributed by atoms with Crippen molar-refractivity contribution in [2.24, 2.45) is 5.92 Å². The van der Waals surface area contributed by atoms with Crippen LogP contribution in [0.4, 0.5) is 11.4 Å². The Morgan fingerprint density at radius 3 is 2.21 bits per heavy atom. The molecule has 0 aliphatic heterocycles. The monoisotopic (exact) mass is 401 g/mol. The van der Waals surface area contributed by atoms with Gasteiger partial charge in [-0.25, -0.2) is 0 Å². The number of rotatable bonds is 7. The number of hydrogen-bond donors (Lipinski definition) is 3. The van der Waals surface area contributed by atoms with Crippen molar-refractivity contribution in [3.63, 3.8) is 0 Å². The summed E-state index contributed by atoms with van der Waals surface area (Å²) in [7, 11) is 0. The molecule has 1 unspecified atom stereocenters. The molecule has 28 heavy (non-hydrogen) atoms. The maximum Gasteiger partial charge on any atom is 0.253 e. The van der Waals surface area contributed by atoms with Gasteiger partial charge < -0.3 is 16.0 Å². The Kier molecular flexibility index (Phi) is 7.58. The summed E-state index contributed by atoms with van der Waals surface area (Å²) in [4.78, 5) is 36.8. The van der Waals surface area contributed by atoms with Crippen LogP contribution in [0.5, 0.6) is 0 Å². The largest absolute Gasteiger partial charge is 0.340 e. The van der Waals surface area contributed by atoms with E-state index in [1.807, 2.05) is 13.8 Å². The lowest BCUT2D eigenvalue weighted by Crippen LogP contribution is -2.47. The van der Waals surface area contributed by atoms with Crippen LogP contribution in [0.25, 0.3) is 0 Å². The third kappa shape index (κ3) is 5.82. The molecule has 0 saturated heterocycles. The molecule has 3 amide bonds. The Hall–Kier alpha value is -2.86. The quantitative estimate of drug-likeness (QED) is 0.653. The first-order valence-corrected chi connectivity index (χ1v) is 9.45. The van der Waals surface area contributed by atoms with E-state index in [-0.39, 0.29) is 17.7 Å². The van der Waals surface area contributed by atoms with Gasteiger partial charge in [-0.1, -0.05) is 50.6 Å². The van der Waals surface area contributed by atoms with Crippen LogP contribution in [-0.2, 0) is 9.59 Å². The van der Waals surface area contributed by atoms with Gasteiger partial charge in [-0.3, -0.25) is 14.4 Å². The second-order valence-electron chi connectivity index (χ2n) is 6.65. The molecule has 1 atom stereocenters. The summed E-state index contributed by atoms with van der Waals surface area (Å²) in [5, 5.41) is 8.60. The van der Waals surface area contributed by atoms with Crippen molar-refractivity contribution in [3.8, 4) is 0 Å². The van der Waals surface area contributed by atoms with Crippen molar-refractivity contribution in [2.45, 2.75) is 33.2 Å². The van der Waals surface area contributed by atoms with Crippen LogP contribution in [0.1, 0.15) is 37.6 Å². The summed E-state index contributed by atoms with van der Waals surface area (Å²) in [5.41, 5.74) is 1.43. The molecule has 0 aliphatic rings. The number of hydrogen-bond acceptors (Lipinski definition) is 3. The average Bonchev–Trinajstić information content (AvgIpc) is 2.66. The van der Waals surface area contributed by atoms with Crippen molar-refractivity contribution in [3.05, 3.63) is 59.1 Å². The van der Waals surface area contributed by atoms with E-state index in [4.69, 9.17) is 11.6 Å². The topological polar surface area (TPSA) is 87.3 Å². The first kappa shape index (κ1) is 21.4. The SMILES string of the molecule is CCC(=O)Nc1cccc(NC(=O)C(NC(=O)c2ccccc2Cl)C(C)C)c1. The fourth-order valence-corrected chi connectivity index (χ4v) is 2.76. The van der Waals surface area contributed by atoms with Gasteiger partial charge in [-0.15, -0.1) is 0 Å².